The van der Waals surface area contributed by atoms with Crippen LogP contribution in [0.25, 0.3) is 0 Å². The molecule has 0 spiro atoms. The average molecular weight is 350 g/mol. The van der Waals surface area contributed by atoms with Gasteiger partial charge in [0.05, 0.1) is 5.00 Å². The van der Waals surface area contributed by atoms with E-state index in [1.807, 2.05) is 29.6 Å². The first-order valence-electron chi connectivity index (χ1n) is 7.26. The zero-order chi connectivity index (χ0) is 16.2. The molecule has 5 nitrogen and oxygen atoms in total. The summed E-state index contributed by atoms with van der Waals surface area (Å²) in [6.45, 7) is 1.06. The van der Waals surface area contributed by atoms with Gasteiger partial charge in [0.2, 0.25) is 5.91 Å². The molecule has 2 aromatic rings. The zero-order valence-corrected chi connectivity index (χ0v) is 13.9. The van der Waals surface area contributed by atoms with Gasteiger partial charge >= 0.3 is 6.03 Å². The third-order valence-electron chi connectivity index (χ3n) is 3.65. The lowest BCUT2D eigenvalue weighted by Gasteiger charge is -2.17. The number of benzene rings is 1. The second kappa shape index (κ2) is 7.02. The molecule has 23 heavy (non-hydrogen) atoms. The molecular weight excluding hydrogens is 334 g/mol. The van der Waals surface area contributed by atoms with Crippen LogP contribution in [-0.4, -0.2) is 25.0 Å². The van der Waals surface area contributed by atoms with Crippen LogP contribution in [0.3, 0.4) is 0 Å². The topological polar surface area (TPSA) is 61.4 Å². The molecule has 1 unspecified atom stereocenters. The van der Waals surface area contributed by atoms with Crippen molar-refractivity contribution < 1.29 is 9.59 Å². The predicted molar refractivity (Wildman–Crippen MR) is 93.3 cm³/mol. The largest absolute Gasteiger partial charge is 0.337 e. The van der Waals surface area contributed by atoms with Crippen LogP contribution in [0, 0.1) is 5.92 Å². The van der Waals surface area contributed by atoms with E-state index in [1.165, 1.54) is 11.3 Å². The number of nitrogens with zero attached hydrogens (tertiary/aromatic N) is 1. The van der Waals surface area contributed by atoms with Crippen LogP contribution in [0.1, 0.15) is 6.42 Å². The van der Waals surface area contributed by atoms with Crippen LogP contribution in [0.5, 0.6) is 0 Å². The van der Waals surface area contributed by atoms with E-state index in [2.05, 4.69) is 10.6 Å². The van der Waals surface area contributed by atoms with Gasteiger partial charge in [-0.15, -0.1) is 11.3 Å². The number of carbonyl (C=O) groups excluding carboxylic acids is 2. The normalized spacial score (nSPS) is 17.3. The Bertz CT molecular complexity index is 688. The van der Waals surface area contributed by atoms with Crippen molar-refractivity contribution in [3.63, 3.8) is 0 Å². The van der Waals surface area contributed by atoms with E-state index in [0.29, 0.717) is 24.5 Å². The van der Waals surface area contributed by atoms with E-state index in [9.17, 15) is 9.59 Å². The zero-order valence-electron chi connectivity index (χ0n) is 12.3. The third kappa shape index (κ3) is 4.03. The summed E-state index contributed by atoms with van der Waals surface area (Å²) in [5.41, 5.74) is 0.838. The maximum Gasteiger partial charge on any atom is 0.319 e. The lowest BCUT2D eigenvalue weighted by Crippen LogP contribution is -2.34. The van der Waals surface area contributed by atoms with Gasteiger partial charge in [0, 0.05) is 36.1 Å². The van der Waals surface area contributed by atoms with Crippen molar-refractivity contribution in [2.24, 2.45) is 5.92 Å². The second-order valence-electron chi connectivity index (χ2n) is 5.36. The van der Waals surface area contributed by atoms with E-state index >= 15 is 0 Å². The van der Waals surface area contributed by atoms with Crippen LogP contribution < -0.4 is 15.5 Å². The maximum absolute atomic E-state index is 12.1. The van der Waals surface area contributed by atoms with Gasteiger partial charge in [-0.05, 0) is 41.8 Å². The minimum absolute atomic E-state index is 0.0674. The van der Waals surface area contributed by atoms with Gasteiger partial charge < -0.3 is 10.2 Å². The first-order valence-corrected chi connectivity index (χ1v) is 8.52. The van der Waals surface area contributed by atoms with Crippen molar-refractivity contribution in [2.75, 3.05) is 23.3 Å². The summed E-state index contributed by atoms with van der Waals surface area (Å²) >= 11 is 7.33. The molecule has 1 fully saturated rings. The first-order chi connectivity index (χ1) is 11.1. The molecule has 0 radical (unpaired) electrons. The number of carbonyl (C=O) groups is 2. The fourth-order valence-corrected chi connectivity index (χ4v) is 3.27. The lowest BCUT2D eigenvalue weighted by molar-refractivity contribution is -0.117. The van der Waals surface area contributed by atoms with Crippen LogP contribution in [0.2, 0.25) is 5.02 Å². The Morgan fingerprint density at radius 2 is 2.09 bits per heavy atom. The van der Waals surface area contributed by atoms with Crippen molar-refractivity contribution in [2.45, 2.75) is 6.42 Å². The molecule has 120 valence electrons. The minimum Gasteiger partial charge on any atom is -0.337 e. The van der Waals surface area contributed by atoms with Crippen LogP contribution in [0.15, 0.2) is 41.8 Å². The van der Waals surface area contributed by atoms with Crippen LogP contribution in [0.4, 0.5) is 15.5 Å². The van der Waals surface area contributed by atoms with E-state index in [4.69, 9.17) is 11.6 Å². The van der Waals surface area contributed by atoms with Gasteiger partial charge in [-0.2, -0.15) is 0 Å². The Morgan fingerprint density at radius 3 is 2.78 bits per heavy atom. The summed E-state index contributed by atoms with van der Waals surface area (Å²) in [4.78, 5) is 25.7. The molecule has 1 aliphatic heterocycles. The Balaban J connectivity index is 1.51. The van der Waals surface area contributed by atoms with Crippen LogP contribution in [-0.2, 0) is 4.79 Å². The predicted octanol–water partition coefficient (Wildman–Crippen LogP) is 3.58. The number of rotatable bonds is 4. The maximum atomic E-state index is 12.1. The minimum atomic E-state index is -0.246. The summed E-state index contributed by atoms with van der Waals surface area (Å²) < 4.78 is 0. The van der Waals surface area contributed by atoms with Crippen molar-refractivity contribution in [3.8, 4) is 0 Å². The van der Waals surface area contributed by atoms with E-state index in [-0.39, 0.29) is 17.9 Å². The standard InChI is InChI=1S/C16H16ClN3O2S/c17-12-3-5-13(6-4-12)20-10-11(8-15(20)21)9-18-16(22)19-14-2-1-7-23-14/h1-7,11H,8-10H2,(H2,18,19,22). The fourth-order valence-electron chi connectivity index (χ4n) is 2.53. The highest BCUT2D eigenvalue weighted by molar-refractivity contribution is 7.14. The summed E-state index contributed by atoms with van der Waals surface area (Å²) in [5.74, 6) is 0.171. The lowest BCUT2D eigenvalue weighted by atomic mass is 10.1. The van der Waals surface area contributed by atoms with E-state index in [0.717, 1.165) is 10.7 Å². The molecule has 1 aromatic carbocycles. The SMILES string of the molecule is O=C(NCC1CC(=O)N(c2ccc(Cl)cc2)C1)Nc1cccs1. The highest BCUT2D eigenvalue weighted by Crippen LogP contribution is 2.26. The molecule has 7 heteroatoms. The van der Waals surface area contributed by atoms with Crippen molar-refractivity contribution in [1.29, 1.82) is 0 Å². The Hall–Kier alpha value is -2.05. The highest BCUT2D eigenvalue weighted by Gasteiger charge is 2.30. The smallest absolute Gasteiger partial charge is 0.319 e. The van der Waals surface area contributed by atoms with Gasteiger partial charge in [0.15, 0.2) is 0 Å². The quantitative estimate of drug-likeness (QED) is 0.886. The molecule has 3 rings (SSSR count). The number of nitrogens with one attached hydrogen (secondary N) is 2. The number of urea groups is 1. The van der Waals surface area contributed by atoms with Crippen molar-refractivity contribution >= 4 is 45.6 Å². The molecule has 1 aromatic heterocycles. The molecule has 1 aliphatic rings. The third-order valence-corrected chi connectivity index (χ3v) is 4.69. The molecule has 1 saturated heterocycles. The Morgan fingerprint density at radius 1 is 1.30 bits per heavy atom. The molecule has 1 atom stereocenters. The second-order valence-corrected chi connectivity index (χ2v) is 6.75. The highest BCUT2D eigenvalue weighted by atomic mass is 35.5. The molecule has 0 saturated carbocycles. The Labute approximate surface area is 143 Å². The van der Waals surface area contributed by atoms with Crippen molar-refractivity contribution in [3.05, 3.63) is 46.8 Å². The molecule has 0 bridgehead atoms. The number of hydrogen-bond donors (Lipinski definition) is 2. The summed E-state index contributed by atoms with van der Waals surface area (Å²) in [6.07, 6.45) is 0.432. The summed E-state index contributed by atoms with van der Waals surface area (Å²) in [6, 6.07) is 10.7. The number of amides is 3. The van der Waals surface area contributed by atoms with E-state index in [1.54, 1.807) is 17.0 Å². The monoisotopic (exact) mass is 349 g/mol. The van der Waals surface area contributed by atoms with Gasteiger partial charge in [-0.1, -0.05) is 11.6 Å². The number of anilines is 2. The molecule has 2 heterocycles. The van der Waals surface area contributed by atoms with Crippen molar-refractivity contribution in [1.82, 2.24) is 5.32 Å². The molecule has 2 N–H and O–H groups in total. The number of hydrogen-bond acceptors (Lipinski definition) is 3. The molecular formula is C16H16ClN3O2S. The summed E-state index contributed by atoms with van der Waals surface area (Å²) in [5, 5.41) is 8.92. The van der Waals surface area contributed by atoms with Crippen LogP contribution >= 0.6 is 22.9 Å². The van der Waals surface area contributed by atoms with Gasteiger partial charge in [0.1, 0.15) is 0 Å². The number of halogens is 1. The average Bonchev–Trinajstić information content (AvgIpc) is 3.16. The number of thiophene rings is 1. The molecule has 0 aliphatic carbocycles. The molecule has 3 amide bonds. The Kier molecular flexibility index (Phi) is 4.83. The van der Waals surface area contributed by atoms with Gasteiger partial charge in [-0.3, -0.25) is 10.1 Å². The van der Waals surface area contributed by atoms with E-state index < -0.39 is 0 Å². The van der Waals surface area contributed by atoms with Gasteiger partial charge in [-0.25, -0.2) is 4.79 Å². The first kappa shape index (κ1) is 15.8. The summed E-state index contributed by atoms with van der Waals surface area (Å²) in [7, 11) is 0. The van der Waals surface area contributed by atoms with Gasteiger partial charge in [0.25, 0.3) is 0 Å². The fraction of sp³-hybridized carbons (Fsp3) is 0.250.